The number of carbonyl (C=O) groups excluding carboxylic acids is 1. The summed E-state index contributed by atoms with van der Waals surface area (Å²) in [5.41, 5.74) is 1.15. The van der Waals surface area contributed by atoms with Crippen molar-refractivity contribution in [3.63, 3.8) is 0 Å². The molecular weight excluding hydrogens is 248 g/mol. The molecule has 1 amide bonds. The largest absolute Gasteiger partial charge is 0.493 e. The highest BCUT2D eigenvalue weighted by Crippen LogP contribution is 2.27. The molecule has 0 aliphatic carbocycles. The molecule has 1 N–H and O–H groups in total. The third-order valence-electron chi connectivity index (χ3n) is 2.57. The average molecular weight is 262 g/mol. The highest BCUT2D eigenvalue weighted by Gasteiger charge is 2.09. The van der Waals surface area contributed by atoms with Gasteiger partial charge in [-0.25, -0.2) is 4.98 Å². The number of hydrogen-bond acceptors (Lipinski definition) is 5. The number of rotatable bonds is 5. The SMILES string of the molecule is COc1ccc(CNC(=O)c2cocn2)cc1OC. The molecular formula is C13H14N2O4. The lowest BCUT2D eigenvalue weighted by Gasteiger charge is -2.09. The molecule has 0 radical (unpaired) electrons. The summed E-state index contributed by atoms with van der Waals surface area (Å²) in [5, 5.41) is 2.73. The van der Waals surface area contributed by atoms with E-state index in [4.69, 9.17) is 13.9 Å². The summed E-state index contributed by atoms with van der Waals surface area (Å²) in [6.45, 7) is 0.367. The topological polar surface area (TPSA) is 73.6 Å². The molecule has 0 spiro atoms. The maximum atomic E-state index is 11.7. The minimum absolute atomic E-state index is 0.250. The fourth-order valence-corrected chi connectivity index (χ4v) is 1.59. The Labute approximate surface area is 110 Å². The van der Waals surface area contributed by atoms with Crippen LogP contribution in [0.1, 0.15) is 16.1 Å². The minimum Gasteiger partial charge on any atom is -0.493 e. The van der Waals surface area contributed by atoms with E-state index in [0.29, 0.717) is 18.0 Å². The molecule has 1 aromatic carbocycles. The highest BCUT2D eigenvalue weighted by atomic mass is 16.5. The standard InChI is InChI=1S/C13H14N2O4/c1-17-11-4-3-9(5-12(11)18-2)6-14-13(16)10-7-19-8-15-10/h3-5,7-8H,6H2,1-2H3,(H,14,16). The van der Waals surface area contributed by atoms with Gasteiger partial charge < -0.3 is 19.2 Å². The van der Waals surface area contributed by atoms with Crippen LogP contribution in [0.3, 0.4) is 0 Å². The molecule has 6 nitrogen and oxygen atoms in total. The van der Waals surface area contributed by atoms with Gasteiger partial charge >= 0.3 is 0 Å². The van der Waals surface area contributed by atoms with Gasteiger partial charge in [-0.3, -0.25) is 4.79 Å². The number of hydrogen-bond donors (Lipinski definition) is 1. The zero-order valence-corrected chi connectivity index (χ0v) is 10.7. The summed E-state index contributed by atoms with van der Waals surface area (Å²) in [7, 11) is 3.14. The number of ether oxygens (including phenoxy) is 2. The zero-order chi connectivity index (χ0) is 13.7. The summed E-state index contributed by atoms with van der Waals surface area (Å²) in [6, 6.07) is 5.45. The van der Waals surface area contributed by atoms with Crippen LogP contribution in [-0.2, 0) is 6.54 Å². The minimum atomic E-state index is -0.288. The normalized spacial score (nSPS) is 10.0. The van der Waals surface area contributed by atoms with Crippen molar-refractivity contribution < 1.29 is 18.7 Å². The number of oxazole rings is 1. The molecule has 0 aliphatic heterocycles. The fraction of sp³-hybridized carbons (Fsp3) is 0.231. The smallest absolute Gasteiger partial charge is 0.273 e. The Hall–Kier alpha value is -2.50. The highest BCUT2D eigenvalue weighted by molar-refractivity contribution is 5.91. The second-order valence-electron chi connectivity index (χ2n) is 3.75. The Kier molecular flexibility index (Phi) is 4.02. The molecule has 0 bridgehead atoms. The van der Waals surface area contributed by atoms with Crippen molar-refractivity contribution in [1.82, 2.24) is 10.3 Å². The van der Waals surface area contributed by atoms with Crippen molar-refractivity contribution in [1.29, 1.82) is 0 Å². The van der Waals surface area contributed by atoms with Crippen LogP contribution in [0.2, 0.25) is 0 Å². The van der Waals surface area contributed by atoms with Crippen LogP contribution in [0.15, 0.2) is 35.3 Å². The number of carbonyl (C=O) groups is 1. The molecule has 2 rings (SSSR count). The molecule has 1 heterocycles. The van der Waals surface area contributed by atoms with E-state index in [9.17, 15) is 4.79 Å². The van der Waals surface area contributed by atoms with E-state index in [1.807, 2.05) is 12.1 Å². The summed E-state index contributed by atoms with van der Waals surface area (Å²) < 4.78 is 15.1. The number of nitrogens with one attached hydrogen (secondary N) is 1. The number of aromatic nitrogens is 1. The van der Waals surface area contributed by atoms with Gasteiger partial charge in [-0.1, -0.05) is 6.07 Å². The molecule has 0 saturated heterocycles. The van der Waals surface area contributed by atoms with Gasteiger partial charge in [-0.15, -0.1) is 0 Å². The summed E-state index contributed by atoms with van der Waals surface area (Å²) >= 11 is 0. The quantitative estimate of drug-likeness (QED) is 0.886. The molecule has 19 heavy (non-hydrogen) atoms. The zero-order valence-electron chi connectivity index (χ0n) is 10.7. The third-order valence-corrected chi connectivity index (χ3v) is 2.57. The van der Waals surface area contributed by atoms with Gasteiger partial charge in [-0.2, -0.15) is 0 Å². The lowest BCUT2D eigenvalue weighted by Crippen LogP contribution is -2.23. The second-order valence-corrected chi connectivity index (χ2v) is 3.75. The van der Waals surface area contributed by atoms with Gasteiger partial charge in [0.2, 0.25) is 0 Å². The molecule has 0 atom stereocenters. The number of methoxy groups -OCH3 is 2. The van der Waals surface area contributed by atoms with Crippen molar-refractivity contribution in [3.8, 4) is 11.5 Å². The van der Waals surface area contributed by atoms with E-state index in [-0.39, 0.29) is 11.6 Å². The van der Waals surface area contributed by atoms with Crippen LogP contribution in [0.5, 0.6) is 11.5 Å². The summed E-state index contributed by atoms with van der Waals surface area (Å²) in [5.74, 6) is 0.980. The van der Waals surface area contributed by atoms with Gasteiger partial charge in [0, 0.05) is 6.54 Å². The molecule has 0 fully saturated rings. The molecule has 100 valence electrons. The summed E-state index contributed by atoms with van der Waals surface area (Å²) in [6.07, 6.45) is 2.51. The first-order valence-corrected chi connectivity index (χ1v) is 5.62. The molecule has 0 unspecified atom stereocenters. The van der Waals surface area contributed by atoms with Crippen molar-refractivity contribution in [2.75, 3.05) is 14.2 Å². The number of benzene rings is 1. The first kappa shape index (κ1) is 12.9. The van der Waals surface area contributed by atoms with Crippen LogP contribution >= 0.6 is 0 Å². The Morgan fingerprint density at radius 3 is 2.74 bits per heavy atom. The number of amides is 1. The maximum absolute atomic E-state index is 11.7. The molecule has 1 aromatic heterocycles. The van der Waals surface area contributed by atoms with Gasteiger partial charge in [-0.05, 0) is 17.7 Å². The van der Waals surface area contributed by atoms with Gasteiger partial charge in [0.05, 0.1) is 14.2 Å². The Morgan fingerprint density at radius 2 is 2.11 bits per heavy atom. The monoisotopic (exact) mass is 262 g/mol. The Morgan fingerprint density at radius 1 is 1.32 bits per heavy atom. The Bertz CT molecular complexity index is 552. The predicted octanol–water partition coefficient (Wildman–Crippen LogP) is 1.62. The van der Waals surface area contributed by atoms with Crippen molar-refractivity contribution in [3.05, 3.63) is 42.1 Å². The molecule has 6 heteroatoms. The summed E-state index contributed by atoms with van der Waals surface area (Å²) in [4.78, 5) is 15.4. The van der Waals surface area contributed by atoms with E-state index in [0.717, 1.165) is 5.56 Å². The van der Waals surface area contributed by atoms with Gasteiger partial charge in [0.25, 0.3) is 5.91 Å². The van der Waals surface area contributed by atoms with Gasteiger partial charge in [0.15, 0.2) is 23.6 Å². The Balaban J connectivity index is 2.02. The predicted molar refractivity (Wildman–Crippen MR) is 67.2 cm³/mol. The van der Waals surface area contributed by atoms with Crippen molar-refractivity contribution in [2.45, 2.75) is 6.54 Å². The van der Waals surface area contributed by atoms with E-state index < -0.39 is 0 Å². The molecule has 0 aliphatic rings. The first-order chi connectivity index (χ1) is 9.24. The van der Waals surface area contributed by atoms with Crippen molar-refractivity contribution >= 4 is 5.91 Å². The lowest BCUT2D eigenvalue weighted by molar-refractivity contribution is 0.0946. The van der Waals surface area contributed by atoms with E-state index in [2.05, 4.69) is 10.3 Å². The second kappa shape index (κ2) is 5.90. The number of nitrogens with zero attached hydrogens (tertiary/aromatic N) is 1. The van der Waals surface area contributed by atoms with Crippen LogP contribution in [0, 0.1) is 0 Å². The lowest BCUT2D eigenvalue weighted by atomic mass is 10.2. The third kappa shape index (κ3) is 3.04. The van der Waals surface area contributed by atoms with E-state index in [1.165, 1.54) is 12.7 Å². The molecule has 2 aromatic rings. The van der Waals surface area contributed by atoms with Crippen LogP contribution in [0.25, 0.3) is 0 Å². The van der Waals surface area contributed by atoms with Crippen LogP contribution < -0.4 is 14.8 Å². The van der Waals surface area contributed by atoms with Crippen LogP contribution in [0.4, 0.5) is 0 Å². The maximum Gasteiger partial charge on any atom is 0.273 e. The average Bonchev–Trinajstić information content (AvgIpc) is 2.98. The van der Waals surface area contributed by atoms with Crippen LogP contribution in [-0.4, -0.2) is 25.1 Å². The van der Waals surface area contributed by atoms with Gasteiger partial charge in [0.1, 0.15) is 6.26 Å². The van der Waals surface area contributed by atoms with E-state index in [1.54, 1.807) is 20.3 Å². The van der Waals surface area contributed by atoms with Crippen molar-refractivity contribution in [2.24, 2.45) is 0 Å². The molecule has 0 saturated carbocycles. The fourth-order valence-electron chi connectivity index (χ4n) is 1.59. The van der Waals surface area contributed by atoms with E-state index >= 15 is 0 Å². The first-order valence-electron chi connectivity index (χ1n) is 5.62.